The van der Waals surface area contributed by atoms with Crippen molar-refractivity contribution in [1.82, 2.24) is 5.32 Å². The predicted molar refractivity (Wildman–Crippen MR) is 90.1 cm³/mol. The number of nitrogens with one attached hydrogen (secondary N) is 1. The molecular weight excluding hydrogens is 330 g/mol. The lowest BCUT2D eigenvalue weighted by Gasteiger charge is -2.12. The molecule has 4 nitrogen and oxygen atoms in total. The van der Waals surface area contributed by atoms with Crippen molar-refractivity contribution in [3.63, 3.8) is 0 Å². The second-order valence-corrected chi connectivity index (χ2v) is 6.36. The minimum atomic E-state index is -0.202. The summed E-state index contributed by atoms with van der Waals surface area (Å²) in [6.45, 7) is 2.57. The lowest BCUT2D eigenvalue weighted by atomic mass is 10.2. The van der Waals surface area contributed by atoms with E-state index in [1.165, 1.54) is 11.8 Å². The molecule has 0 spiro atoms. The van der Waals surface area contributed by atoms with Gasteiger partial charge in [-0.25, -0.2) is 0 Å². The van der Waals surface area contributed by atoms with E-state index < -0.39 is 0 Å². The number of benzene rings is 1. The normalized spacial score (nSPS) is 16.2. The summed E-state index contributed by atoms with van der Waals surface area (Å²) in [6, 6.07) is 3.51. The molecule has 0 radical (unpaired) electrons. The molecule has 0 bridgehead atoms. The predicted octanol–water partition coefficient (Wildman–Crippen LogP) is 3.63. The molecular formula is C14H14ClNO3S2. The van der Waals surface area contributed by atoms with Gasteiger partial charge in [0.2, 0.25) is 0 Å². The molecule has 1 aliphatic heterocycles. The van der Waals surface area contributed by atoms with E-state index in [1.54, 1.807) is 25.3 Å². The summed E-state index contributed by atoms with van der Waals surface area (Å²) < 4.78 is 11.3. The number of thioether (sulfide) groups is 1. The summed E-state index contributed by atoms with van der Waals surface area (Å²) in [7, 11) is 1.55. The fourth-order valence-electron chi connectivity index (χ4n) is 1.74. The van der Waals surface area contributed by atoms with Gasteiger partial charge >= 0.3 is 0 Å². The molecule has 112 valence electrons. The van der Waals surface area contributed by atoms with Crippen LogP contribution in [0.5, 0.6) is 11.5 Å². The molecule has 7 heteroatoms. The number of rotatable bonds is 5. The largest absolute Gasteiger partial charge is 0.493 e. The van der Waals surface area contributed by atoms with E-state index in [-0.39, 0.29) is 5.91 Å². The van der Waals surface area contributed by atoms with Crippen molar-refractivity contribution >= 4 is 51.9 Å². The van der Waals surface area contributed by atoms with Gasteiger partial charge in [0, 0.05) is 0 Å². The maximum atomic E-state index is 11.7. The third kappa shape index (κ3) is 3.90. The number of amides is 1. The van der Waals surface area contributed by atoms with E-state index in [1.807, 2.05) is 6.92 Å². The van der Waals surface area contributed by atoms with Gasteiger partial charge in [-0.05, 0) is 30.2 Å². The molecule has 0 aromatic heterocycles. The van der Waals surface area contributed by atoms with Crippen molar-refractivity contribution in [3.05, 3.63) is 27.6 Å². The molecule has 1 saturated heterocycles. The molecule has 1 aromatic rings. The van der Waals surface area contributed by atoms with Crippen molar-refractivity contribution in [2.75, 3.05) is 13.7 Å². The Labute approximate surface area is 137 Å². The van der Waals surface area contributed by atoms with Gasteiger partial charge in [0.1, 0.15) is 4.32 Å². The van der Waals surface area contributed by atoms with Crippen LogP contribution in [-0.2, 0) is 4.79 Å². The number of carbonyl (C=O) groups excluding carboxylic acids is 1. The average molecular weight is 344 g/mol. The van der Waals surface area contributed by atoms with Gasteiger partial charge in [0.25, 0.3) is 5.91 Å². The third-order valence-electron chi connectivity index (χ3n) is 2.64. The van der Waals surface area contributed by atoms with Crippen LogP contribution < -0.4 is 14.8 Å². The summed E-state index contributed by atoms with van der Waals surface area (Å²) in [5.74, 6) is 0.849. The average Bonchev–Trinajstić information content (AvgIpc) is 2.75. The molecule has 1 aromatic carbocycles. The fourth-order valence-corrected chi connectivity index (χ4v) is 3.06. The molecule has 0 unspecified atom stereocenters. The molecule has 1 amide bonds. The van der Waals surface area contributed by atoms with Gasteiger partial charge in [-0.1, -0.05) is 42.5 Å². The molecule has 0 saturated carbocycles. The van der Waals surface area contributed by atoms with Crippen molar-refractivity contribution in [1.29, 1.82) is 0 Å². The highest BCUT2D eigenvalue weighted by molar-refractivity contribution is 8.26. The molecule has 1 aliphatic rings. The zero-order valence-electron chi connectivity index (χ0n) is 11.6. The number of hydrogen-bond acceptors (Lipinski definition) is 5. The van der Waals surface area contributed by atoms with E-state index in [2.05, 4.69) is 5.32 Å². The quantitative estimate of drug-likeness (QED) is 0.653. The smallest absolute Gasteiger partial charge is 0.263 e. The molecule has 21 heavy (non-hydrogen) atoms. The Morgan fingerprint density at radius 1 is 1.48 bits per heavy atom. The van der Waals surface area contributed by atoms with E-state index in [9.17, 15) is 4.79 Å². The van der Waals surface area contributed by atoms with E-state index >= 15 is 0 Å². The lowest BCUT2D eigenvalue weighted by molar-refractivity contribution is -0.115. The zero-order chi connectivity index (χ0) is 15.4. The number of carbonyl (C=O) groups is 1. The maximum Gasteiger partial charge on any atom is 0.263 e. The van der Waals surface area contributed by atoms with Gasteiger partial charge in [-0.2, -0.15) is 0 Å². The van der Waals surface area contributed by atoms with Gasteiger partial charge in [-0.3, -0.25) is 4.79 Å². The summed E-state index contributed by atoms with van der Waals surface area (Å²) in [5, 5.41) is 3.01. The second kappa shape index (κ2) is 7.15. The highest BCUT2D eigenvalue weighted by Gasteiger charge is 2.22. The van der Waals surface area contributed by atoms with Crippen LogP contribution in [0.4, 0.5) is 0 Å². The Bertz CT molecular complexity index is 616. The van der Waals surface area contributed by atoms with Crippen molar-refractivity contribution < 1.29 is 14.3 Å². The zero-order valence-corrected chi connectivity index (χ0v) is 14.0. The highest BCUT2D eigenvalue weighted by Crippen LogP contribution is 2.38. The van der Waals surface area contributed by atoms with Crippen LogP contribution in [0.25, 0.3) is 6.08 Å². The Hall–Kier alpha value is -1.24. The Morgan fingerprint density at radius 2 is 2.24 bits per heavy atom. The summed E-state index contributed by atoms with van der Waals surface area (Å²) in [4.78, 5) is 12.2. The van der Waals surface area contributed by atoms with Crippen LogP contribution in [0.2, 0.25) is 5.02 Å². The van der Waals surface area contributed by atoms with Crippen LogP contribution in [0.1, 0.15) is 18.9 Å². The standard InChI is InChI=1S/C14H14ClNO3S2/c1-3-4-19-12-9(15)5-8(6-10(12)18-2)7-11-13(17)16-14(20)21-11/h5-7H,3-4H2,1-2H3,(H,16,17,20)/b11-7-. The van der Waals surface area contributed by atoms with E-state index in [0.717, 1.165) is 12.0 Å². The van der Waals surface area contributed by atoms with Crippen molar-refractivity contribution in [2.24, 2.45) is 0 Å². The summed E-state index contributed by atoms with van der Waals surface area (Å²) >= 11 is 12.4. The molecule has 1 heterocycles. The van der Waals surface area contributed by atoms with Crippen molar-refractivity contribution in [3.8, 4) is 11.5 Å². The van der Waals surface area contributed by atoms with Crippen LogP contribution in [0, 0.1) is 0 Å². The molecule has 1 fully saturated rings. The fraction of sp³-hybridized carbons (Fsp3) is 0.286. The lowest BCUT2D eigenvalue weighted by Crippen LogP contribution is -2.17. The van der Waals surface area contributed by atoms with Gasteiger partial charge in [0.15, 0.2) is 11.5 Å². The summed E-state index contributed by atoms with van der Waals surface area (Å²) in [5.41, 5.74) is 0.753. The maximum absolute atomic E-state index is 11.7. The van der Waals surface area contributed by atoms with Crippen LogP contribution >= 0.6 is 35.6 Å². The van der Waals surface area contributed by atoms with E-state index in [4.69, 9.17) is 33.3 Å². The first-order valence-corrected chi connectivity index (χ1v) is 7.90. The van der Waals surface area contributed by atoms with Crippen LogP contribution in [0.15, 0.2) is 17.0 Å². The first-order chi connectivity index (χ1) is 10.0. The molecule has 2 rings (SSSR count). The van der Waals surface area contributed by atoms with Crippen molar-refractivity contribution in [2.45, 2.75) is 13.3 Å². The molecule has 0 atom stereocenters. The monoisotopic (exact) mass is 343 g/mol. The molecule has 0 aliphatic carbocycles. The Morgan fingerprint density at radius 3 is 2.81 bits per heavy atom. The van der Waals surface area contributed by atoms with Gasteiger partial charge < -0.3 is 14.8 Å². The second-order valence-electron chi connectivity index (χ2n) is 4.23. The molecule has 1 N–H and O–H groups in total. The van der Waals surface area contributed by atoms with E-state index in [0.29, 0.717) is 32.4 Å². The highest BCUT2D eigenvalue weighted by atomic mass is 35.5. The summed E-state index contributed by atoms with van der Waals surface area (Å²) in [6.07, 6.45) is 2.59. The first kappa shape index (κ1) is 16.1. The number of thiocarbonyl (C=S) groups is 1. The van der Waals surface area contributed by atoms with Crippen LogP contribution in [-0.4, -0.2) is 23.9 Å². The Kier molecular flexibility index (Phi) is 5.50. The van der Waals surface area contributed by atoms with Gasteiger partial charge in [-0.15, -0.1) is 0 Å². The van der Waals surface area contributed by atoms with Gasteiger partial charge in [0.05, 0.1) is 23.6 Å². The SMILES string of the molecule is CCCOc1c(Cl)cc(/C=C2\SC(=S)NC2=O)cc1OC. The van der Waals surface area contributed by atoms with Crippen LogP contribution in [0.3, 0.4) is 0 Å². The number of ether oxygens (including phenoxy) is 2. The number of halogens is 1. The number of methoxy groups -OCH3 is 1. The topological polar surface area (TPSA) is 47.6 Å². The first-order valence-electron chi connectivity index (χ1n) is 6.30. The minimum absolute atomic E-state index is 0.202. The third-order valence-corrected chi connectivity index (χ3v) is 4.09. The minimum Gasteiger partial charge on any atom is -0.493 e. The Balaban J connectivity index is 2.34. The number of hydrogen-bond donors (Lipinski definition) is 1.